The molecule has 0 saturated carbocycles. The molecule has 0 aliphatic carbocycles. The van der Waals surface area contributed by atoms with Crippen molar-refractivity contribution in [3.63, 3.8) is 0 Å². The number of hydrogen-bond donors (Lipinski definition) is 12. The topological polar surface area (TPSA) is 356 Å². The minimum Gasteiger partial charge on any atom is -0.370 e. The Kier molecular flexibility index (Phi) is 21.5. The number of aromatic amines is 1. The smallest absolute Gasteiger partial charge is 0.243 e. The second kappa shape index (κ2) is 28.1. The van der Waals surface area contributed by atoms with Crippen LogP contribution in [0.1, 0.15) is 89.2 Å². The van der Waals surface area contributed by atoms with Gasteiger partial charge in [-0.25, -0.2) is 0 Å². The van der Waals surface area contributed by atoms with Crippen molar-refractivity contribution in [2.24, 2.45) is 22.2 Å². The van der Waals surface area contributed by atoms with Gasteiger partial charge in [-0.1, -0.05) is 80.4 Å². The number of aliphatic imine (C=N–C) groups is 1. The first kappa shape index (κ1) is 55.9. The Morgan fingerprint density at radius 1 is 0.740 bits per heavy atom. The van der Waals surface area contributed by atoms with E-state index in [0.29, 0.717) is 24.0 Å². The highest BCUT2D eigenvalue weighted by Gasteiger charge is 2.33. The first-order chi connectivity index (χ1) is 35.0. The summed E-state index contributed by atoms with van der Waals surface area (Å²) in [5.41, 5.74) is 19.1. The molecule has 5 rings (SSSR count). The van der Waals surface area contributed by atoms with Crippen LogP contribution >= 0.6 is 0 Å². The van der Waals surface area contributed by atoms with Gasteiger partial charge >= 0.3 is 0 Å². The molecule has 1 aromatic heterocycles. The van der Waals surface area contributed by atoms with Crippen molar-refractivity contribution in [3.05, 3.63) is 84.1 Å². The van der Waals surface area contributed by atoms with E-state index in [2.05, 4.69) is 52.5 Å². The first-order valence-electron chi connectivity index (χ1n) is 24.7. The zero-order valence-electron chi connectivity index (χ0n) is 41.4. The summed E-state index contributed by atoms with van der Waals surface area (Å²) < 4.78 is 0. The van der Waals surface area contributed by atoms with E-state index >= 15 is 0 Å². The van der Waals surface area contributed by atoms with Crippen molar-refractivity contribution in [2.75, 3.05) is 19.6 Å². The standard InChI is InChI=1S/C51H69N13O9/c1-3-4-15-38(59-30(2)65)47(70)64-42-28-44(67)55-22-10-9-17-37(45(52)68)61-50(73)41(27-34-29-58-36-16-8-7-14-35(34)36)63-48(71)39(18-11-23-57-51(53)54)62-49(72)40(60-43(66)21-24-56-46(42)69)26-31-19-20-32-12-5-6-13-33(32)25-31/h5-8,12-14,16,19-20,25,29,37-42,58H,3-4,9-11,15,17-18,21-24,26-28H2,1-2H3,(H2,52,68)(H,55,67)(H,56,69)(H,59,65)(H,60,66)(H,61,73)(H,62,72)(H,63,71)(H,64,70)(H4,53,54,57)/t37-,38-,39-,40+,41-,42-/m0/s1. The van der Waals surface area contributed by atoms with Crippen molar-refractivity contribution in [1.82, 2.24) is 47.5 Å². The van der Waals surface area contributed by atoms with Crippen LogP contribution in [0.5, 0.6) is 0 Å². The number of benzene rings is 3. The Hall–Kier alpha value is -8.04. The van der Waals surface area contributed by atoms with E-state index in [9.17, 15) is 43.2 Å². The van der Waals surface area contributed by atoms with E-state index in [1.165, 1.54) is 6.92 Å². The van der Waals surface area contributed by atoms with Gasteiger partial charge in [0.25, 0.3) is 0 Å². The lowest BCUT2D eigenvalue weighted by Crippen LogP contribution is -2.59. The van der Waals surface area contributed by atoms with Crippen LogP contribution in [0, 0.1) is 0 Å². The summed E-state index contributed by atoms with van der Waals surface area (Å²) in [6, 6.07) is 13.0. The highest BCUT2D eigenvalue weighted by atomic mass is 16.2. The highest BCUT2D eigenvalue weighted by molar-refractivity contribution is 5.97. The van der Waals surface area contributed by atoms with Crippen LogP contribution in [0.2, 0.25) is 0 Å². The largest absolute Gasteiger partial charge is 0.370 e. The van der Waals surface area contributed by atoms with Gasteiger partial charge in [-0.15, -0.1) is 0 Å². The van der Waals surface area contributed by atoms with Gasteiger partial charge in [-0.2, -0.15) is 0 Å². The van der Waals surface area contributed by atoms with Crippen LogP contribution in [0.15, 0.2) is 77.9 Å². The van der Waals surface area contributed by atoms with Gasteiger partial charge in [0, 0.05) is 62.9 Å². The second-order valence-corrected chi connectivity index (χ2v) is 18.2. The minimum atomic E-state index is -1.42. The molecule has 3 aromatic carbocycles. The number of unbranched alkanes of at least 4 members (excludes halogenated alkanes) is 1. The zero-order valence-corrected chi connectivity index (χ0v) is 41.4. The van der Waals surface area contributed by atoms with E-state index in [1.807, 2.05) is 73.7 Å². The number of primary amides is 1. The summed E-state index contributed by atoms with van der Waals surface area (Å²) in [6.07, 6.45) is 3.21. The molecule has 1 saturated heterocycles. The average Bonchev–Trinajstić information content (AvgIpc) is 3.76. The molecule has 392 valence electrons. The third kappa shape index (κ3) is 17.9. The van der Waals surface area contributed by atoms with E-state index in [0.717, 1.165) is 28.1 Å². The van der Waals surface area contributed by atoms with Crippen molar-refractivity contribution in [2.45, 2.75) is 127 Å². The summed E-state index contributed by atoms with van der Waals surface area (Å²) >= 11 is 0. The molecule has 1 aliphatic rings. The number of aromatic nitrogens is 1. The third-order valence-corrected chi connectivity index (χ3v) is 12.3. The molecule has 73 heavy (non-hydrogen) atoms. The lowest BCUT2D eigenvalue weighted by atomic mass is 10.00. The number of carbonyl (C=O) groups excluding carboxylic acids is 9. The molecule has 9 amide bonds. The van der Waals surface area contributed by atoms with Crippen molar-refractivity contribution in [3.8, 4) is 0 Å². The van der Waals surface area contributed by atoms with Crippen molar-refractivity contribution < 1.29 is 43.2 Å². The number of para-hydroxylation sites is 1. The van der Waals surface area contributed by atoms with Crippen LogP contribution in [-0.4, -0.2) is 120 Å². The maximum atomic E-state index is 14.5. The Balaban J connectivity index is 1.48. The molecule has 22 heteroatoms. The normalized spacial score (nSPS) is 20.7. The van der Waals surface area contributed by atoms with Gasteiger partial charge in [0.05, 0.1) is 6.42 Å². The molecule has 15 N–H and O–H groups in total. The second-order valence-electron chi connectivity index (χ2n) is 18.2. The molecule has 0 spiro atoms. The highest BCUT2D eigenvalue weighted by Crippen LogP contribution is 2.21. The molecule has 0 radical (unpaired) electrons. The number of guanidine groups is 1. The van der Waals surface area contributed by atoms with Gasteiger partial charge in [0.1, 0.15) is 36.3 Å². The van der Waals surface area contributed by atoms with Gasteiger partial charge < -0.3 is 64.7 Å². The fourth-order valence-electron chi connectivity index (χ4n) is 8.47. The summed E-state index contributed by atoms with van der Waals surface area (Å²) in [4.78, 5) is 130. The Labute approximate surface area is 423 Å². The SMILES string of the molecule is CCCC[C@H](NC(C)=O)C(=O)N[C@H]1CC(=O)NCCCC[C@@H](C(N)=O)NC(=O)[C@H](Cc2c[nH]c3ccccc23)NC(=O)[C@H](CCCN=C(N)N)NC(=O)[C@@H](Cc2ccc3ccccc3c2)NC(=O)CCNC1=O. The van der Waals surface area contributed by atoms with Gasteiger partial charge in [-0.05, 0) is 66.5 Å². The maximum absolute atomic E-state index is 14.5. The van der Waals surface area contributed by atoms with Crippen LogP contribution < -0.4 is 59.7 Å². The Morgan fingerprint density at radius 3 is 2.18 bits per heavy atom. The number of nitrogens with zero attached hydrogens (tertiary/aromatic N) is 1. The third-order valence-electron chi connectivity index (χ3n) is 12.3. The lowest BCUT2D eigenvalue weighted by molar-refractivity contribution is -0.134. The van der Waals surface area contributed by atoms with E-state index in [1.54, 1.807) is 6.20 Å². The van der Waals surface area contributed by atoms with Crippen molar-refractivity contribution >= 4 is 80.8 Å². The molecule has 0 bridgehead atoms. The van der Waals surface area contributed by atoms with E-state index in [4.69, 9.17) is 17.2 Å². The molecule has 4 aromatic rings. The predicted octanol–water partition coefficient (Wildman–Crippen LogP) is -0.0394. The van der Waals surface area contributed by atoms with Crippen molar-refractivity contribution in [1.29, 1.82) is 0 Å². The maximum Gasteiger partial charge on any atom is 0.243 e. The Morgan fingerprint density at radius 2 is 1.44 bits per heavy atom. The summed E-state index contributed by atoms with van der Waals surface area (Å²) in [6.45, 7) is 3.07. The van der Waals surface area contributed by atoms with Gasteiger partial charge in [-0.3, -0.25) is 48.1 Å². The summed E-state index contributed by atoms with van der Waals surface area (Å²) in [5, 5.41) is 24.1. The predicted molar refractivity (Wildman–Crippen MR) is 275 cm³/mol. The van der Waals surface area contributed by atoms with Crippen LogP contribution in [-0.2, 0) is 56.0 Å². The van der Waals surface area contributed by atoms with E-state index < -0.39 is 95.8 Å². The number of fused-ring (bicyclic) bond motifs is 2. The zero-order chi connectivity index (χ0) is 52.9. The minimum absolute atomic E-state index is 0.0131. The number of nitrogens with one attached hydrogen (secondary N) is 9. The molecule has 2 heterocycles. The molecular weight excluding hydrogens is 939 g/mol. The average molecular weight is 1010 g/mol. The summed E-state index contributed by atoms with van der Waals surface area (Å²) in [7, 11) is 0. The van der Waals surface area contributed by atoms with Crippen LogP contribution in [0.25, 0.3) is 21.7 Å². The van der Waals surface area contributed by atoms with E-state index in [-0.39, 0.29) is 77.0 Å². The number of rotatable bonds is 15. The molecule has 1 fully saturated rings. The number of H-pyrrole nitrogens is 1. The quantitative estimate of drug-likeness (QED) is 0.0426. The fourth-order valence-corrected chi connectivity index (χ4v) is 8.47. The summed E-state index contributed by atoms with van der Waals surface area (Å²) in [5.74, 6) is -6.47. The molecule has 6 atom stereocenters. The number of amides is 9. The van der Waals surface area contributed by atoms with Crippen LogP contribution in [0.3, 0.4) is 0 Å². The van der Waals surface area contributed by atoms with Gasteiger partial charge in [0.15, 0.2) is 5.96 Å². The monoisotopic (exact) mass is 1010 g/mol. The number of nitrogens with two attached hydrogens (primary N) is 3. The Bertz CT molecular complexity index is 2630. The molecular formula is C51H69N13O9. The number of hydrogen-bond acceptors (Lipinski definition) is 10. The fraction of sp³-hybridized carbons (Fsp3) is 0.451. The number of carbonyl (C=O) groups is 9. The first-order valence-corrected chi connectivity index (χ1v) is 24.7. The molecule has 22 nitrogen and oxygen atoms in total. The van der Waals surface area contributed by atoms with Gasteiger partial charge in [0.2, 0.25) is 53.2 Å². The lowest BCUT2D eigenvalue weighted by Gasteiger charge is -2.26. The molecule has 0 unspecified atom stereocenters. The van der Waals surface area contributed by atoms with Crippen LogP contribution in [0.4, 0.5) is 0 Å². The molecule has 1 aliphatic heterocycles.